The first kappa shape index (κ1) is 25.7. The molecule has 4 aromatic rings. The molecule has 1 N–H and O–H groups in total. The Morgan fingerprint density at radius 1 is 0.641 bits per heavy atom. The van der Waals surface area contributed by atoms with Crippen LogP contribution in [0.1, 0.15) is 24.8 Å². The maximum absolute atomic E-state index is 4.93. The minimum atomic E-state index is 0.867. The third-order valence-electron chi connectivity index (χ3n) is 8.03. The number of piperidine rings is 1. The molecule has 0 saturated carbocycles. The molecule has 0 aliphatic carbocycles. The SMILES string of the molecule is c1ccc(-c2ccn(-c3cc(CNCCN4CCN(c5ccccc5)CC4)cc(N4CCCCC4)c3)n2)cc1. The number of benzene rings is 3. The second kappa shape index (κ2) is 12.5. The summed E-state index contributed by atoms with van der Waals surface area (Å²) in [6.45, 7) is 9.66. The van der Waals surface area contributed by atoms with Crippen LogP contribution >= 0.6 is 0 Å². The lowest BCUT2D eigenvalue weighted by Crippen LogP contribution is -2.48. The van der Waals surface area contributed by atoms with Crippen molar-refractivity contribution in [1.82, 2.24) is 20.0 Å². The molecule has 6 rings (SSSR count). The number of rotatable bonds is 9. The predicted octanol–water partition coefficient (Wildman–Crippen LogP) is 5.44. The van der Waals surface area contributed by atoms with Crippen LogP contribution in [0.4, 0.5) is 11.4 Å². The van der Waals surface area contributed by atoms with E-state index in [0.29, 0.717) is 0 Å². The van der Waals surface area contributed by atoms with Gasteiger partial charge in [-0.3, -0.25) is 4.90 Å². The van der Waals surface area contributed by atoms with Gasteiger partial charge in [-0.05, 0) is 61.2 Å². The van der Waals surface area contributed by atoms with Gasteiger partial charge >= 0.3 is 0 Å². The lowest BCUT2D eigenvalue weighted by atomic mass is 10.1. The average molecular weight is 521 g/mol. The van der Waals surface area contributed by atoms with Gasteiger partial charge in [-0.25, -0.2) is 4.68 Å². The molecule has 1 aromatic heterocycles. The number of hydrogen-bond donors (Lipinski definition) is 1. The monoisotopic (exact) mass is 520 g/mol. The van der Waals surface area contributed by atoms with Gasteiger partial charge in [0, 0.05) is 82.0 Å². The zero-order chi connectivity index (χ0) is 26.3. The van der Waals surface area contributed by atoms with E-state index in [0.717, 1.165) is 75.8 Å². The van der Waals surface area contributed by atoms with Gasteiger partial charge in [0.25, 0.3) is 0 Å². The maximum Gasteiger partial charge on any atom is 0.0927 e. The van der Waals surface area contributed by atoms with Gasteiger partial charge in [0.15, 0.2) is 0 Å². The molecule has 39 heavy (non-hydrogen) atoms. The lowest BCUT2D eigenvalue weighted by Gasteiger charge is -2.36. The van der Waals surface area contributed by atoms with Crippen LogP contribution in [0.3, 0.4) is 0 Å². The molecule has 2 aliphatic heterocycles. The van der Waals surface area contributed by atoms with E-state index in [2.05, 4.69) is 105 Å². The first-order valence-corrected chi connectivity index (χ1v) is 14.6. The summed E-state index contributed by atoms with van der Waals surface area (Å²) >= 11 is 0. The molecule has 0 atom stereocenters. The van der Waals surface area contributed by atoms with E-state index in [1.54, 1.807) is 0 Å². The highest BCUT2D eigenvalue weighted by Crippen LogP contribution is 2.26. The fourth-order valence-electron chi connectivity index (χ4n) is 5.79. The first-order valence-electron chi connectivity index (χ1n) is 14.6. The fraction of sp³-hybridized carbons (Fsp3) is 0.364. The van der Waals surface area contributed by atoms with Crippen molar-refractivity contribution in [3.05, 3.63) is 96.7 Å². The molecule has 6 heteroatoms. The zero-order valence-electron chi connectivity index (χ0n) is 22.9. The van der Waals surface area contributed by atoms with Crippen molar-refractivity contribution in [2.45, 2.75) is 25.8 Å². The van der Waals surface area contributed by atoms with Crippen molar-refractivity contribution in [3.8, 4) is 16.9 Å². The molecule has 6 nitrogen and oxygen atoms in total. The molecular weight excluding hydrogens is 480 g/mol. The van der Waals surface area contributed by atoms with Crippen molar-refractivity contribution in [3.63, 3.8) is 0 Å². The van der Waals surface area contributed by atoms with Crippen LogP contribution in [0.5, 0.6) is 0 Å². The molecule has 2 fully saturated rings. The van der Waals surface area contributed by atoms with Gasteiger partial charge < -0.3 is 15.1 Å². The smallest absolute Gasteiger partial charge is 0.0927 e. The van der Waals surface area contributed by atoms with Crippen LogP contribution in [0.2, 0.25) is 0 Å². The van der Waals surface area contributed by atoms with Crippen molar-refractivity contribution in [2.24, 2.45) is 0 Å². The maximum atomic E-state index is 4.93. The van der Waals surface area contributed by atoms with E-state index < -0.39 is 0 Å². The molecule has 0 unspecified atom stereocenters. The van der Waals surface area contributed by atoms with Crippen LogP contribution < -0.4 is 15.1 Å². The third kappa shape index (κ3) is 6.52. The normalized spacial score (nSPS) is 16.5. The standard InChI is InChI=1S/C33H40N6/c1-4-10-29(11-5-1)33-14-18-39(35-33)32-25-28(24-31(26-32)37-16-8-3-9-17-37)27-34-15-19-36-20-22-38(23-21-36)30-12-6-2-7-13-30/h1-2,4-7,10-14,18,24-26,34H,3,8-9,15-17,19-23,27H2. The number of anilines is 2. The Labute approximate surface area is 232 Å². The van der Waals surface area contributed by atoms with Crippen LogP contribution in [0, 0.1) is 0 Å². The molecular formula is C33H40N6. The Morgan fingerprint density at radius 2 is 1.33 bits per heavy atom. The predicted molar refractivity (Wildman–Crippen MR) is 162 cm³/mol. The number of hydrogen-bond acceptors (Lipinski definition) is 5. The molecule has 0 bridgehead atoms. The van der Waals surface area contributed by atoms with Gasteiger partial charge in [0.05, 0.1) is 11.4 Å². The topological polar surface area (TPSA) is 39.6 Å². The van der Waals surface area contributed by atoms with Crippen molar-refractivity contribution >= 4 is 11.4 Å². The first-order chi connectivity index (χ1) is 19.3. The lowest BCUT2D eigenvalue weighted by molar-refractivity contribution is 0.257. The van der Waals surface area contributed by atoms with E-state index in [-0.39, 0.29) is 0 Å². The van der Waals surface area contributed by atoms with Crippen LogP contribution in [-0.2, 0) is 6.54 Å². The second-order valence-electron chi connectivity index (χ2n) is 10.8. The average Bonchev–Trinajstić information content (AvgIpc) is 3.52. The fourth-order valence-corrected chi connectivity index (χ4v) is 5.79. The van der Waals surface area contributed by atoms with E-state index >= 15 is 0 Å². The highest BCUT2D eigenvalue weighted by molar-refractivity contribution is 5.60. The highest BCUT2D eigenvalue weighted by atomic mass is 15.3. The summed E-state index contributed by atoms with van der Waals surface area (Å²) in [4.78, 5) is 7.62. The Kier molecular flexibility index (Phi) is 8.22. The summed E-state index contributed by atoms with van der Waals surface area (Å²) in [5, 5.41) is 8.66. The number of aromatic nitrogens is 2. The van der Waals surface area contributed by atoms with Crippen molar-refractivity contribution < 1.29 is 0 Å². The van der Waals surface area contributed by atoms with E-state index in [1.165, 1.54) is 36.2 Å². The number of nitrogens with one attached hydrogen (secondary N) is 1. The van der Waals surface area contributed by atoms with Gasteiger partial charge in [-0.15, -0.1) is 0 Å². The minimum absolute atomic E-state index is 0.867. The summed E-state index contributed by atoms with van der Waals surface area (Å²) < 4.78 is 2.03. The van der Waals surface area contributed by atoms with E-state index in [4.69, 9.17) is 5.10 Å². The zero-order valence-corrected chi connectivity index (χ0v) is 22.9. The second-order valence-corrected chi connectivity index (χ2v) is 10.8. The Hall–Kier alpha value is -3.61. The molecule has 0 radical (unpaired) electrons. The third-order valence-corrected chi connectivity index (χ3v) is 8.03. The minimum Gasteiger partial charge on any atom is -0.371 e. The van der Waals surface area contributed by atoms with Crippen molar-refractivity contribution in [2.75, 3.05) is 62.2 Å². The molecule has 2 saturated heterocycles. The van der Waals surface area contributed by atoms with E-state index in [1.807, 2.05) is 10.7 Å². The largest absolute Gasteiger partial charge is 0.371 e. The summed E-state index contributed by atoms with van der Waals surface area (Å²) in [7, 11) is 0. The molecule has 0 amide bonds. The molecule has 2 aliphatic rings. The molecule has 3 aromatic carbocycles. The summed E-state index contributed by atoms with van der Waals surface area (Å²) in [6.07, 6.45) is 5.97. The Morgan fingerprint density at radius 3 is 2.10 bits per heavy atom. The highest BCUT2D eigenvalue weighted by Gasteiger charge is 2.17. The van der Waals surface area contributed by atoms with Crippen LogP contribution in [0.25, 0.3) is 16.9 Å². The van der Waals surface area contributed by atoms with Gasteiger partial charge in [-0.1, -0.05) is 48.5 Å². The summed E-state index contributed by atoms with van der Waals surface area (Å²) in [5.41, 5.74) is 7.26. The summed E-state index contributed by atoms with van der Waals surface area (Å²) in [6, 6.07) is 30.3. The van der Waals surface area contributed by atoms with Crippen molar-refractivity contribution in [1.29, 1.82) is 0 Å². The van der Waals surface area contributed by atoms with Crippen LogP contribution in [-0.4, -0.2) is 67.0 Å². The number of nitrogens with zero attached hydrogens (tertiary/aromatic N) is 5. The quantitative estimate of drug-likeness (QED) is 0.298. The number of piperazine rings is 1. The summed E-state index contributed by atoms with van der Waals surface area (Å²) in [5.74, 6) is 0. The van der Waals surface area contributed by atoms with E-state index in [9.17, 15) is 0 Å². The van der Waals surface area contributed by atoms with Gasteiger partial charge in [-0.2, -0.15) is 5.10 Å². The molecule has 202 valence electrons. The molecule has 3 heterocycles. The Bertz CT molecular complexity index is 1300. The number of para-hydroxylation sites is 1. The van der Waals surface area contributed by atoms with Crippen LogP contribution in [0.15, 0.2) is 91.1 Å². The van der Waals surface area contributed by atoms with Gasteiger partial charge in [0.2, 0.25) is 0 Å². The van der Waals surface area contributed by atoms with Gasteiger partial charge in [0.1, 0.15) is 0 Å². The molecule has 0 spiro atoms. The Balaban J connectivity index is 1.09.